The van der Waals surface area contributed by atoms with Gasteiger partial charge in [0.1, 0.15) is 16.8 Å². The van der Waals surface area contributed by atoms with E-state index in [0.717, 1.165) is 5.56 Å². The van der Waals surface area contributed by atoms with E-state index < -0.39 is 0 Å². The Bertz CT molecular complexity index is 393. The molecule has 0 amide bonds. The average molecular weight is 274 g/mol. The zero-order chi connectivity index (χ0) is 13.7. The highest BCUT2D eigenvalue weighted by molar-refractivity contribution is 6.30. The Hall–Kier alpha value is -0.910. The van der Waals surface area contributed by atoms with Gasteiger partial charge in [0.05, 0.1) is 13.2 Å². The minimum Gasteiger partial charge on any atom is -0.395 e. The molecule has 0 atom stereocenters. The van der Waals surface area contributed by atoms with Crippen molar-refractivity contribution in [2.75, 3.05) is 31.2 Å². The molecule has 1 heterocycles. The van der Waals surface area contributed by atoms with E-state index in [9.17, 15) is 0 Å². The van der Waals surface area contributed by atoms with Crippen molar-refractivity contribution in [2.24, 2.45) is 0 Å². The summed E-state index contributed by atoms with van der Waals surface area (Å²) in [5.41, 5.74) is 0.767. The smallest absolute Gasteiger partial charge is 0.137 e. The fourth-order valence-corrected chi connectivity index (χ4v) is 1.80. The van der Waals surface area contributed by atoms with Gasteiger partial charge in [0.25, 0.3) is 0 Å². The number of hydrogen-bond donors (Lipinski definition) is 2. The zero-order valence-electron chi connectivity index (χ0n) is 11.0. The van der Waals surface area contributed by atoms with Crippen molar-refractivity contribution in [3.63, 3.8) is 0 Å². The van der Waals surface area contributed by atoms with Crippen molar-refractivity contribution >= 4 is 17.4 Å². The average Bonchev–Trinajstić information content (AvgIpc) is 2.32. The molecule has 0 aliphatic rings. The Balaban J connectivity index is 3.18. The van der Waals surface area contributed by atoms with Crippen LogP contribution in [-0.2, 0) is 0 Å². The molecule has 6 heteroatoms. The fraction of sp³-hybridized carbons (Fsp3) is 0.667. The van der Waals surface area contributed by atoms with Crippen molar-refractivity contribution in [1.82, 2.24) is 9.97 Å². The number of aromatic nitrogens is 2. The van der Waals surface area contributed by atoms with Gasteiger partial charge in [-0.25, -0.2) is 9.97 Å². The first kappa shape index (κ1) is 15.1. The Morgan fingerprint density at radius 2 is 1.72 bits per heavy atom. The topological polar surface area (TPSA) is 69.5 Å². The number of aliphatic hydroxyl groups excluding tert-OH is 2. The minimum absolute atomic E-state index is 0.00191. The quantitative estimate of drug-likeness (QED) is 0.766. The zero-order valence-corrected chi connectivity index (χ0v) is 11.8. The van der Waals surface area contributed by atoms with E-state index in [1.807, 2.05) is 25.7 Å². The molecule has 5 nitrogen and oxygen atoms in total. The van der Waals surface area contributed by atoms with Crippen molar-refractivity contribution in [1.29, 1.82) is 0 Å². The molecule has 0 aliphatic carbocycles. The highest BCUT2D eigenvalue weighted by atomic mass is 35.5. The summed E-state index contributed by atoms with van der Waals surface area (Å²) in [5.74, 6) is 1.52. The first-order chi connectivity index (χ1) is 8.51. The minimum atomic E-state index is -0.00191. The lowest BCUT2D eigenvalue weighted by molar-refractivity contribution is 0.280. The summed E-state index contributed by atoms with van der Waals surface area (Å²) in [4.78, 5) is 10.5. The maximum absolute atomic E-state index is 9.06. The molecule has 0 spiro atoms. The number of anilines is 1. The van der Waals surface area contributed by atoms with Crippen LogP contribution in [0.4, 0.5) is 5.82 Å². The molecule has 0 saturated heterocycles. The second-order valence-electron chi connectivity index (χ2n) is 4.41. The number of nitrogens with zero attached hydrogens (tertiary/aromatic N) is 3. The Morgan fingerprint density at radius 3 is 2.17 bits per heavy atom. The Morgan fingerprint density at radius 1 is 1.17 bits per heavy atom. The van der Waals surface area contributed by atoms with Gasteiger partial charge in [0.15, 0.2) is 0 Å². The third kappa shape index (κ3) is 3.54. The van der Waals surface area contributed by atoms with Gasteiger partial charge in [-0.15, -0.1) is 0 Å². The molecule has 102 valence electrons. The molecule has 0 radical (unpaired) electrons. The summed E-state index contributed by atoms with van der Waals surface area (Å²) in [6.45, 7) is 6.64. The normalized spacial score (nSPS) is 11.1. The third-order valence-electron chi connectivity index (χ3n) is 2.63. The van der Waals surface area contributed by atoms with Crippen molar-refractivity contribution < 1.29 is 10.2 Å². The first-order valence-electron chi connectivity index (χ1n) is 6.02. The van der Waals surface area contributed by atoms with E-state index in [4.69, 9.17) is 21.8 Å². The van der Waals surface area contributed by atoms with E-state index in [-0.39, 0.29) is 19.1 Å². The van der Waals surface area contributed by atoms with E-state index in [1.165, 1.54) is 0 Å². The van der Waals surface area contributed by atoms with Gasteiger partial charge in [0, 0.05) is 24.6 Å². The second kappa shape index (κ2) is 6.87. The summed E-state index contributed by atoms with van der Waals surface area (Å²) < 4.78 is 0. The molecular weight excluding hydrogens is 254 g/mol. The standard InChI is InChI=1S/C12H20ClN3O2/c1-8(2)11-14-10(13)9(3)12(15-11)16(4-6-17)5-7-18/h8,17-18H,4-7H2,1-3H3. The lowest BCUT2D eigenvalue weighted by Gasteiger charge is -2.24. The molecule has 0 fully saturated rings. The largest absolute Gasteiger partial charge is 0.395 e. The molecule has 18 heavy (non-hydrogen) atoms. The molecule has 0 aliphatic heterocycles. The van der Waals surface area contributed by atoms with E-state index in [2.05, 4.69) is 9.97 Å². The lowest BCUT2D eigenvalue weighted by Crippen LogP contribution is -2.31. The van der Waals surface area contributed by atoms with Crippen LogP contribution in [0.1, 0.15) is 31.2 Å². The molecule has 0 aromatic carbocycles. The molecule has 2 N–H and O–H groups in total. The predicted octanol–water partition coefficient (Wildman–Crippen LogP) is 1.35. The summed E-state index contributed by atoms with van der Waals surface area (Å²) in [6.07, 6.45) is 0. The van der Waals surface area contributed by atoms with Gasteiger partial charge in [-0.05, 0) is 6.92 Å². The fourth-order valence-electron chi connectivity index (χ4n) is 1.63. The van der Waals surface area contributed by atoms with Gasteiger partial charge in [-0.1, -0.05) is 25.4 Å². The van der Waals surface area contributed by atoms with E-state index >= 15 is 0 Å². The van der Waals surface area contributed by atoms with Crippen LogP contribution in [-0.4, -0.2) is 46.5 Å². The maximum atomic E-state index is 9.06. The van der Waals surface area contributed by atoms with E-state index in [0.29, 0.717) is 29.9 Å². The van der Waals surface area contributed by atoms with Crippen molar-refractivity contribution in [2.45, 2.75) is 26.7 Å². The number of halogens is 1. The van der Waals surface area contributed by atoms with Gasteiger partial charge >= 0.3 is 0 Å². The summed E-state index contributed by atoms with van der Waals surface area (Å²) in [7, 11) is 0. The van der Waals surface area contributed by atoms with Crippen LogP contribution in [0.25, 0.3) is 0 Å². The van der Waals surface area contributed by atoms with Crippen molar-refractivity contribution in [3.05, 3.63) is 16.5 Å². The van der Waals surface area contributed by atoms with Crippen LogP contribution < -0.4 is 4.90 Å². The maximum Gasteiger partial charge on any atom is 0.137 e. The monoisotopic (exact) mass is 273 g/mol. The van der Waals surface area contributed by atoms with Gasteiger partial charge in [0.2, 0.25) is 0 Å². The summed E-state index contributed by atoms with van der Waals surface area (Å²) >= 11 is 6.10. The number of rotatable bonds is 6. The first-order valence-corrected chi connectivity index (χ1v) is 6.39. The van der Waals surface area contributed by atoms with Crippen LogP contribution in [0.5, 0.6) is 0 Å². The van der Waals surface area contributed by atoms with Crippen LogP contribution >= 0.6 is 11.6 Å². The molecule has 1 aromatic heterocycles. The highest BCUT2D eigenvalue weighted by Gasteiger charge is 2.16. The molecule has 0 saturated carbocycles. The van der Waals surface area contributed by atoms with Gasteiger partial charge < -0.3 is 15.1 Å². The van der Waals surface area contributed by atoms with Crippen LogP contribution in [0.3, 0.4) is 0 Å². The molecule has 0 unspecified atom stereocenters. The third-order valence-corrected chi connectivity index (χ3v) is 3.00. The van der Waals surface area contributed by atoms with Gasteiger partial charge in [-0.2, -0.15) is 0 Å². The Labute approximate surface area is 112 Å². The van der Waals surface area contributed by atoms with E-state index in [1.54, 1.807) is 0 Å². The summed E-state index contributed by atoms with van der Waals surface area (Å²) in [5, 5.41) is 18.5. The SMILES string of the molecule is Cc1c(Cl)nc(C(C)C)nc1N(CCO)CCO. The van der Waals surface area contributed by atoms with Crippen LogP contribution in [0, 0.1) is 6.92 Å². The van der Waals surface area contributed by atoms with Gasteiger partial charge in [-0.3, -0.25) is 0 Å². The molecule has 0 bridgehead atoms. The molecule has 1 aromatic rings. The Kier molecular flexibility index (Phi) is 5.78. The second-order valence-corrected chi connectivity index (χ2v) is 4.77. The molecular formula is C12H20ClN3O2. The predicted molar refractivity (Wildman–Crippen MR) is 72.3 cm³/mol. The summed E-state index contributed by atoms with van der Waals surface area (Å²) in [6, 6.07) is 0. The molecule has 1 rings (SSSR count). The highest BCUT2D eigenvalue weighted by Crippen LogP contribution is 2.25. The lowest BCUT2D eigenvalue weighted by atomic mass is 10.2. The number of hydrogen-bond acceptors (Lipinski definition) is 5. The van der Waals surface area contributed by atoms with Crippen molar-refractivity contribution in [3.8, 4) is 0 Å². The van der Waals surface area contributed by atoms with Crippen LogP contribution in [0.15, 0.2) is 0 Å². The number of aliphatic hydroxyl groups is 2. The van der Waals surface area contributed by atoms with Crippen LogP contribution in [0.2, 0.25) is 5.15 Å².